The number of carbonyl (C=O) groups excluding carboxylic acids is 3. The summed E-state index contributed by atoms with van der Waals surface area (Å²) in [6.45, 7) is 5.87. The van der Waals surface area contributed by atoms with E-state index in [1.807, 2.05) is 13.8 Å². The smallest absolute Gasteiger partial charge is 0.242 e. The van der Waals surface area contributed by atoms with E-state index in [1.54, 1.807) is 22.2 Å². The Balaban J connectivity index is 1.91. The SMILES string of the molecule is CCN(CC)C(=O)CN(C)C(=O)Cc1csc(N2CCCC2=O)n1. The lowest BCUT2D eigenvalue weighted by molar-refractivity contribution is -0.138. The first-order valence-electron chi connectivity index (χ1n) is 8.22. The zero-order valence-corrected chi connectivity index (χ0v) is 15.3. The first-order chi connectivity index (χ1) is 11.5. The molecule has 132 valence electrons. The molecule has 0 bridgehead atoms. The van der Waals surface area contributed by atoms with Gasteiger partial charge in [0.15, 0.2) is 5.13 Å². The van der Waals surface area contributed by atoms with Crippen LogP contribution < -0.4 is 4.90 Å². The number of amides is 3. The summed E-state index contributed by atoms with van der Waals surface area (Å²) < 4.78 is 0. The predicted molar refractivity (Wildman–Crippen MR) is 93.0 cm³/mol. The molecule has 0 spiro atoms. The van der Waals surface area contributed by atoms with Gasteiger partial charge in [-0.3, -0.25) is 19.3 Å². The standard InChI is InChI=1S/C16H24N4O3S/c1-4-19(5-2)15(23)10-18(3)14(22)9-12-11-24-16(17-12)20-8-6-7-13(20)21/h11H,4-10H2,1-3H3. The first kappa shape index (κ1) is 18.4. The van der Waals surface area contributed by atoms with Gasteiger partial charge in [-0.1, -0.05) is 0 Å². The van der Waals surface area contributed by atoms with Crippen LogP contribution in [0.4, 0.5) is 5.13 Å². The van der Waals surface area contributed by atoms with Crippen LogP contribution in [0.2, 0.25) is 0 Å². The highest BCUT2D eigenvalue weighted by Gasteiger charge is 2.25. The van der Waals surface area contributed by atoms with E-state index in [0.717, 1.165) is 6.42 Å². The maximum absolute atomic E-state index is 12.3. The fourth-order valence-electron chi connectivity index (χ4n) is 2.61. The molecule has 7 nitrogen and oxygen atoms in total. The molecule has 3 amide bonds. The van der Waals surface area contributed by atoms with Gasteiger partial charge < -0.3 is 9.80 Å². The Morgan fingerprint density at radius 1 is 1.29 bits per heavy atom. The quantitative estimate of drug-likeness (QED) is 0.738. The van der Waals surface area contributed by atoms with Crippen molar-refractivity contribution in [2.75, 3.05) is 38.1 Å². The van der Waals surface area contributed by atoms with Crippen molar-refractivity contribution in [2.24, 2.45) is 0 Å². The second-order valence-electron chi connectivity index (χ2n) is 5.76. The molecule has 24 heavy (non-hydrogen) atoms. The summed E-state index contributed by atoms with van der Waals surface area (Å²) in [6.07, 6.45) is 1.55. The topological polar surface area (TPSA) is 73.8 Å². The second kappa shape index (κ2) is 8.23. The highest BCUT2D eigenvalue weighted by molar-refractivity contribution is 7.14. The number of carbonyl (C=O) groups is 3. The molecular formula is C16H24N4O3S. The summed E-state index contributed by atoms with van der Waals surface area (Å²) >= 11 is 1.38. The first-order valence-corrected chi connectivity index (χ1v) is 9.10. The third-order valence-electron chi connectivity index (χ3n) is 4.09. The van der Waals surface area contributed by atoms with E-state index in [2.05, 4.69) is 4.98 Å². The van der Waals surface area contributed by atoms with Crippen LogP contribution in [0.5, 0.6) is 0 Å². The molecule has 1 aliphatic rings. The van der Waals surface area contributed by atoms with Crippen molar-refractivity contribution in [1.82, 2.24) is 14.8 Å². The molecule has 1 aliphatic heterocycles. The lowest BCUT2D eigenvalue weighted by Gasteiger charge is -2.23. The van der Waals surface area contributed by atoms with Gasteiger partial charge in [0, 0.05) is 38.5 Å². The lowest BCUT2D eigenvalue weighted by Crippen LogP contribution is -2.41. The maximum atomic E-state index is 12.3. The highest BCUT2D eigenvalue weighted by atomic mass is 32.1. The molecule has 1 aromatic heterocycles. The third-order valence-corrected chi connectivity index (χ3v) is 5.00. The van der Waals surface area contributed by atoms with Crippen molar-refractivity contribution < 1.29 is 14.4 Å². The Labute approximate surface area is 146 Å². The summed E-state index contributed by atoms with van der Waals surface area (Å²) in [5, 5.41) is 2.46. The fraction of sp³-hybridized carbons (Fsp3) is 0.625. The molecule has 1 fully saturated rings. The number of nitrogens with zero attached hydrogens (tertiary/aromatic N) is 4. The van der Waals surface area contributed by atoms with E-state index in [4.69, 9.17) is 0 Å². The van der Waals surface area contributed by atoms with Crippen molar-refractivity contribution >= 4 is 34.2 Å². The molecule has 2 heterocycles. The molecule has 0 aliphatic carbocycles. The minimum absolute atomic E-state index is 0.0579. The second-order valence-corrected chi connectivity index (χ2v) is 6.60. The van der Waals surface area contributed by atoms with Crippen LogP contribution >= 0.6 is 11.3 Å². The summed E-state index contributed by atoms with van der Waals surface area (Å²) in [6, 6.07) is 0. The summed E-state index contributed by atoms with van der Waals surface area (Å²) in [5.74, 6) is -0.123. The van der Waals surface area contributed by atoms with Crippen LogP contribution in [0.1, 0.15) is 32.4 Å². The molecule has 1 aromatic rings. The van der Waals surface area contributed by atoms with Gasteiger partial charge in [-0.2, -0.15) is 0 Å². The van der Waals surface area contributed by atoms with Crippen LogP contribution in [0, 0.1) is 0 Å². The van der Waals surface area contributed by atoms with Crippen molar-refractivity contribution in [1.29, 1.82) is 0 Å². The van der Waals surface area contributed by atoms with Crippen LogP contribution in [0.25, 0.3) is 0 Å². The van der Waals surface area contributed by atoms with Crippen LogP contribution in [-0.4, -0.2) is 65.7 Å². The van der Waals surface area contributed by atoms with E-state index in [1.165, 1.54) is 16.2 Å². The fourth-order valence-corrected chi connectivity index (χ4v) is 3.48. The van der Waals surface area contributed by atoms with E-state index >= 15 is 0 Å². The number of rotatable bonds is 7. The van der Waals surface area contributed by atoms with E-state index in [-0.39, 0.29) is 30.7 Å². The average molecular weight is 352 g/mol. The van der Waals surface area contributed by atoms with E-state index in [9.17, 15) is 14.4 Å². The Kier molecular flexibility index (Phi) is 6.30. The van der Waals surface area contributed by atoms with Crippen molar-refractivity contribution in [3.63, 3.8) is 0 Å². The average Bonchev–Trinajstić information content (AvgIpc) is 3.17. The Bertz CT molecular complexity index is 612. The van der Waals surface area contributed by atoms with Crippen molar-refractivity contribution in [3.8, 4) is 0 Å². The largest absolute Gasteiger partial charge is 0.342 e. The van der Waals surface area contributed by atoms with Gasteiger partial charge >= 0.3 is 0 Å². The summed E-state index contributed by atoms with van der Waals surface area (Å²) in [7, 11) is 1.63. The number of anilines is 1. The van der Waals surface area contributed by atoms with Crippen LogP contribution in [-0.2, 0) is 20.8 Å². The Morgan fingerprint density at radius 2 is 2.00 bits per heavy atom. The van der Waals surface area contributed by atoms with Gasteiger partial charge in [0.2, 0.25) is 17.7 Å². The number of thiazole rings is 1. The normalized spacial score (nSPS) is 14.1. The molecule has 0 unspecified atom stereocenters. The van der Waals surface area contributed by atoms with Gasteiger partial charge in [0.25, 0.3) is 0 Å². The van der Waals surface area contributed by atoms with Gasteiger partial charge in [0.05, 0.1) is 18.7 Å². The number of hydrogen-bond acceptors (Lipinski definition) is 5. The van der Waals surface area contributed by atoms with Gasteiger partial charge in [-0.25, -0.2) is 4.98 Å². The maximum Gasteiger partial charge on any atom is 0.242 e. The van der Waals surface area contributed by atoms with E-state index < -0.39 is 0 Å². The third kappa shape index (κ3) is 4.31. The van der Waals surface area contributed by atoms with Gasteiger partial charge in [-0.05, 0) is 20.3 Å². The lowest BCUT2D eigenvalue weighted by atomic mass is 10.3. The monoisotopic (exact) mass is 352 g/mol. The minimum Gasteiger partial charge on any atom is -0.342 e. The molecule has 0 N–H and O–H groups in total. The summed E-state index contributed by atoms with van der Waals surface area (Å²) in [5.41, 5.74) is 0.641. The van der Waals surface area contributed by atoms with Gasteiger partial charge in [0.1, 0.15) is 0 Å². The molecule has 2 rings (SSSR count). The molecule has 0 radical (unpaired) electrons. The van der Waals surface area contributed by atoms with E-state index in [0.29, 0.717) is 36.9 Å². The molecule has 0 atom stereocenters. The Hall–Kier alpha value is -1.96. The molecular weight excluding hydrogens is 328 g/mol. The number of likely N-dealkylation sites (N-methyl/N-ethyl adjacent to an activating group) is 2. The number of hydrogen-bond donors (Lipinski definition) is 0. The van der Waals surface area contributed by atoms with Gasteiger partial charge in [-0.15, -0.1) is 11.3 Å². The van der Waals surface area contributed by atoms with Crippen molar-refractivity contribution in [2.45, 2.75) is 33.1 Å². The zero-order chi connectivity index (χ0) is 17.7. The zero-order valence-electron chi connectivity index (χ0n) is 14.4. The highest BCUT2D eigenvalue weighted by Crippen LogP contribution is 2.25. The van der Waals surface area contributed by atoms with Crippen molar-refractivity contribution in [3.05, 3.63) is 11.1 Å². The molecule has 0 saturated carbocycles. The predicted octanol–water partition coefficient (Wildman–Crippen LogP) is 1.14. The number of aromatic nitrogens is 1. The minimum atomic E-state index is -0.153. The molecule has 8 heteroatoms. The summed E-state index contributed by atoms with van der Waals surface area (Å²) in [4.78, 5) is 45.3. The van der Waals surface area contributed by atoms with Crippen LogP contribution in [0.15, 0.2) is 5.38 Å². The van der Waals surface area contributed by atoms with Crippen LogP contribution in [0.3, 0.4) is 0 Å². The Morgan fingerprint density at radius 3 is 2.58 bits per heavy atom. The molecule has 1 saturated heterocycles. The molecule has 0 aromatic carbocycles.